The second kappa shape index (κ2) is 10.2. The van der Waals surface area contributed by atoms with Crippen LogP contribution in [0.25, 0.3) is 22.8 Å². The Bertz CT molecular complexity index is 1520. The monoisotopic (exact) mass is 544 g/mol. The molecule has 0 amide bonds. The molecule has 13 heteroatoms. The molecule has 1 fully saturated rings. The van der Waals surface area contributed by atoms with Crippen molar-refractivity contribution >= 4 is 0 Å². The highest BCUT2D eigenvalue weighted by Crippen LogP contribution is 2.45. The lowest BCUT2D eigenvalue weighted by Crippen LogP contribution is -2.07. The summed E-state index contributed by atoms with van der Waals surface area (Å²) in [5, 5.41) is 10.2. The first-order valence-electron chi connectivity index (χ1n) is 12.0. The van der Waals surface area contributed by atoms with Gasteiger partial charge in [0.15, 0.2) is 11.5 Å². The van der Waals surface area contributed by atoms with Crippen molar-refractivity contribution in [3.05, 3.63) is 65.3 Å². The van der Waals surface area contributed by atoms with E-state index in [1.807, 2.05) is 0 Å². The van der Waals surface area contributed by atoms with Gasteiger partial charge in [0.05, 0.1) is 30.2 Å². The second-order valence-electron chi connectivity index (χ2n) is 9.21. The van der Waals surface area contributed by atoms with Crippen LogP contribution < -0.4 is 9.47 Å². The van der Waals surface area contributed by atoms with Gasteiger partial charge < -0.3 is 19.1 Å². The summed E-state index contributed by atoms with van der Waals surface area (Å²) in [5.41, 5.74) is 0.764. The van der Waals surface area contributed by atoms with E-state index in [9.17, 15) is 22.7 Å². The topological polar surface area (TPSA) is 108 Å². The maximum atomic E-state index is 14.9. The molecule has 9 nitrogen and oxygen atoms in total. The molecule has 5 rings (SSSR count). The van der Waals surface area contributed by atoms with Gasteiger partial charge in [0, 0.05) is 25.2 Å². The predicted molar refractivity (Wildman–Crippen MR) is 130 cm³/mol. The number of aliphatic hydroxyl groups excluding tert-OH is 1. The van der Waals surface area contributed by atoms with E-state index < -0.39 is 23.8 Å². The number of hydrogen-bond acceptors (Lipinski definition) is 8. The first kappa shape index (κ1) is 26.5. The summed E-state index contributed by atoms with van der Waals surface area (Å²) in [6.07, 6.45) is -1.44. The van der Waals surface area contributed by atoms with Crippen LogP contribution in [0.15, 0.2) is 36.8 Å². The van der Waals surface area contributed by atoms with Gasteiger partial charge in [-0.1, -0.05) is 6.07 Å². The van der Waals surface area contributed by atoms with Gasteiger partial charge in [-0.3, -0.25) is 0 Å². The molecule has 3 aromatic heterocycles. The van der Waals surface area contributed by atoms with Crippen molar-refractivity contribution in [1.82, 2.24) is 29.5 Å². The smallest absolute Gasteiger partial charge is 0.434 e. The van der Waals surface area contributed by atoms with Crippen molar-refractivity contribution in [2.45, 2.75) is 44.6 Å². The summed E-state index contributed by atoms with van der Waals surface area (Å²) < 4.78 is 66.4. The van der Waals surface area contributed by atoms with Crippen molar-refractivity contribution in [1.29, 1.82) is 0 Å². The zero-order valence-electron chi connectivity index (χ0n) is 21.2. The maximum Gasteiger partial charge on any atom is 0.434 e. The van der Waals surface area contributed by atoms with E-state index in [1.54, 1.807) is 6.92 Å². The number of hydrogen-bond donors (Lipinski definition) is 1. The van der Waals surface area contributed by atoms with Crippen molar-refractivity contribution in [2.24, 2.45) is 7.05 Å². The fourth-order valence-corrected chi connectivity index (χ4v) is 4.10. The van der Waals surface area contributed by atoms with Crippen LogP contribution in [0.2, 0.25) is 0 Å². The zero-order chi connectivity index (χ0) is 27.9. The number of ether oxygens (including phenoxy) is 2. The Morgan fingerprint density at radius 1 is 1.13 bits per heavy atom. The average Bonchev–Trinajstić information content (AvgIpc) is 3.67. The molecule has 204 valence electrons. The molecule has 1 N–H and O–H groups in total. The second-order valence-corrected chi connectivity index (χ2v) is 9.21. The maximum absolute atomic E-state index is 14.9. The zero-order valence-corrected chi connectivity index (χ0v) is 21.2. The van der Waals surface area contributed by atoms with Crippen molar-refractivity contribution in [3.8, 4) is 34.5 Å². The summed E-state index contributed by atoms with van der Waals surface area (Å²) in [7, 11) is 2.84. The van der Waals surface area contributed by atoms with Crippen LogP contribution in [0.1, 0.15) is 54.4 Å². The normalized spacial score (nSPS) is 14.4. The van der Waals surface area contributed by atoms with E-state index in [-0.39, 0.29) is 35.6 Å². The molecule has 0 bridgehead atoms. The first-order valence-corrected chi connectivity index (χ1v) is 12.0. The summed E-state index contributed by atoms with van der Waals surface area (Å²) in [6, 6.07) is 5.50. The van der Waals surface area contributed by atoms with E-state index in [4.69, 9.17) is 9.47 Å². The number of benzene rings is 1. The minimum atomic E-state index is -4.64. The van der Waals surface area contributed by atoms with E-state index >= 15 is 0 Å². The number of imidazole rings is 1. The minimum Gasteiger partial charge on any atom is -0.480 e. The summed E-state index contributed by atoms with van der Waals surface area (Å²) >= 11 is 0. The molecule has 3 heterocycles. The largest absolute Gasteiger partial charge is 0.480 e. The van der Waals surface area contributed by atoms with Gasteiger partial charge in [-0.25, -0.2) is 24.3 Å². The van der Waals surface area contributed by atoms with Crippen LogP contribution in [-0.4, -0.2) is 41.7 Å². The van der Waals surface area contributed by atoms with Crippen LogP contribution >= 0.6 is 0 Å². The summed E-state index contributed by atoms with van der Waals surface area (Å²) in [5.74, 6) is -0.0492. The van der Waals surface area contributed by atoms with Gasteiger partial charge in [0.2, 0.25) is 11.8 Å². The fraction of sp³-hybridized carbons (Fsp3) is 0.346. The van der Waals surface area contributed by atoms with Crippen LogP contribution in [0.3, 0.4) is 0 Å². The van der Waals surface area contributed by atoms with Gasteiger partial charge in [-0.2, -0.15) is 18.2 Å². The van der Waals surface area contributed by atoms with Gasteiger partial charge in [-0.05, 0) is 37.5 Å². The van der Waals surface area contributed by atoms with E-state index in [1.165, 1.54) is 38.7 Å². The third kappa shape index (κ3) is 5.53. The molecule has 39 heavy (non-hydrogen) atoms. The SMILES string of the molecule is COc1ncnc(C2CC2)c1-c1nc(OCc2ccc(-c3nc(C(F)(F)F)cn3C)c(F)c2)cc([C@@H](C)O)n1. The molecule has 1 atom stereocenters. The molecular formula is C26H24F4N6O3. The number of aromatic nitrogens is 6. The van der Waals surface area contributed by atoms with E-state index in [2.05, 4.69) is 24.9 Å². The Hall–Kier alpha value is -4.13. The highest BCUT2D eigenvalue weighted by Gasteiger charge is 2.35. The Kier molecular flexibility index (Phi) is 6.93. The van der Waals surface area contributed by atoms with E-state index in [0.717, 1.165) is 35.4 Å². The number of halogens is 4. The number of rotatable bonds is 8. The van der Waals surface area contributed by atoms with Crippen LogP contribution in [0.5, 0.6) is 11.8 Å². The third-order valence-corrected chi connectivity index (χ3v) is 6.20. The van der Waals surface area contributed by atoms with Crippen LogP contribution in [0, 0.1) is 5.82 Å². The highest BCUT2D eigenvalue weighted by atomic mass is 19.4. The molecular weight excluding hydrogens is 520 g/mol. The Morgan fingerprint density at radius 2 is 1.90 bits per heavy atom. The molecule has 0 radical (unpaired) electrons. The lowest BCUT2D eigenvalue weighted by Gasteiger charge is -2.14. The third-order valence-electron chi connectivity index (χ3n) is 6.20. The lowest BCUT2D eigenvalue weighted by molar-refractivity contribution is -0.140. The van der Waals surface area contributed by atoms with Crippen molar-refractivity contribution < 1.29 is 32.1 Å². The van der Waals surface area contributed by atoms with Crippen molar-refractivity contribution in [3.63, 3.8) is 0 Å². The van der Waals surface area contributed by atoms with Gasteiger partial charge in [0.1, 0.15) is 30.1 Å². The molecule has 4 aromatic rings. The quantitative estimate of drug-likeness (QED) is 0.309. The first-order chi connectivity index (χ1) is 18.5. The van der Waals surface area contributed by atoms with E-state index in [0.29, 0.717) is 22.7 Å². The molecule has 1 aliphatic rings. The van der Waals surface area contributed by atoms with Crippen LogP contribution in [0.4, 0.5) is 17.6 Å². The molecule has 0 saturated heterocycles. The molecule has 1 saturated carbocycles. The Morgan fingerprint density at radius 3 is 2.51 bits per heavy atom. The summed E-state index contributed by atoms with van der Waals surface area (Å²) in [6.45, 7) is 1.44. The van der Waals surface area contributed by atoms with Gasteiger partial charge in [0.25, 0.3) is 0 Å². The van der Waals surface area contributed by atoms with Gasteiger partial charge in [-0.15, -0.1) is 0 Å². The average molecular weight is 545 g/mol. The van der Waals surface area contributed by atoms with Gasteiger partial charge >= 0.3 is 6.18 Å². The fourth-order valence-electron chi connectivity index (χ4n) is 4.10. The standard InChI is InChI=1S/C26H24F4N6O3/c1-13(37)18-9-20(35-23(33-18)21-22(15-5-6-15)31-12-32-25(21)38-3)39-11-14-4-7-16(17(27)8-14)24-34-19(10-36(24)2)26(28,29)30/h4,7-10,12-13,15,37H,5-6,11H2,1-3H3/t13-/m1/s1. The number of alkyl halides is 3. The minimum absolute atomic E-state index is 0.0822. The number of aryl methyl sites for hydroxylation is 1. The van der Waals surface area contributed by atoms with Crippen molar-refractivity contribution in [2.75, 3.05) is 7.11 Å². The number of methoxy groups -OCH3 is 1. The summed E-state index contributed by atoms with van der Waals surface area (Å²) in [4.78, 5) is 21.1. The lowest BCUT2D eigenvalue weighted by atomic mass is 10.1. The highest BCUT2D eigenvalue weighted by molar-refractivity contribution is 5.66. The number of nitrogens with zero attached hydrogens (tertiary/aromatic N) is 6. The molecule has 0 spiro atoms. The molecule has 0 aliphatic heterocycles. The predicted octanol–water partition coefficient (Wildman–Crippen LogP) is 5.01. The van der Waals surface area contributed by atoms with Crippen LogP contribution in [-0.2, 0) is 19.8 Å². The molecule has 0 unspecified atom stereocenters. The Labute approximate surface area is 220 Å². The number of aliphatic hydroxyl groups is 1. The molecule has 1 aromatic carbocycles. The Balaban J connectivity index is 1.43. The molecule has 1 aliphatic carbocycles.